The summed E-state index contributed by atoms with van der Waals surface area (Å²) in [5.41, 5.74) is 8.59. The molecule has 0 amide bonds. The van der Waals surface area contributed by atoms with Gasteiger partial charge < -0.3 is 10.5 Å². The zero-order chi connectivity index (χ0) is 15.2. The molecule has 2 N–H and O–H groups in total. The van der Waals surface area contributed by atoms with Gasteiger partial charge in [-0.05, 0) is 35.4 Å². The van der Waals surface area contributed by atoms with Crippen LogP contribution >= 0.6 is 11.6 Å². The Hall–Kier alpha value is -1.36. The van der Waals surface area contributed by atoms with E-state index in [4.69, 9.17) is 22.1 Å². The third-order valence-corrected chi connectivity index (χ3v) is 4.68. The van der Waals surface area contributed by atoms with Crippen LogP contribution < -0.4 is 10.5 Å². The fourth-order valence-electron chi connectivity index (χ4n) is 2.06. The maximum Gasteiger partial charge on any atom is 0.123 e. The van der Waals surface area contributed by atoms with Crippen LogP contribution in [-0.4, -0.2) is 11.3 Å². The lowest BCUT2D eigenvalue weighted by molar-refractivity contribution is 0.411. The van der Waals surface area contributed by atoms with Gasteiger partial charge in [0.15, 0.2) is 0 Å². The van der Waals surface area contributed by atoms with Crippen molar-refractivity contribution in [3.05, 3.63) is 64.2 Å². The zero-order valence-corrected chi connectivity index (χ0v) is 13.4. The maximum absolute atomic E-state index is 12.3. The molecular weight excluding hydrogens is 306 g/mol. The summed E-state index contributed by atoms with van der Waals surface area (Å²) in [6, 6.07) is 13.2. The monoisotopic (exact) mass is 323 g/mol. The third kappa shape index (κ3) is 4.56. The van der Waals surface area contributed by atoms with Gasteiger partial charge in [0.2, 0.25) is 0 Å². The molecule has 0 heterocycles. The van der Waals surface area contributed by atoms with Gasteiger partial charge in [0.05, 0.1) is 12.9 Å². The van der Waals surface area contributed by atoms with E-state index in [1.165, 1.54) is 0 Å². The van der Waals surface area contributed by atoms with Crippen molar-refractivity contribution < 1.29 is 8.95 Å². The molecule has 2 aromatic carbocycles. The summed E-state index contributed by atoms with van der Waals surface area (Å²) in [7, 11) is 0.600. The molecule has 0 radical (unpaired) electrons. The van der Waals surface area contributed by atoms with Gasteiger partial charge in [-0.3, -0.25) is 4.21 Å². The van der Waals surface area contributed by atoms with Gasteiger partial charge in [-0.15, -0.1) is 0 Å². The summed E-state index contributed by atoms with van der Waals surface area (Å²) in [6.07, 6.45) is 0. The summed E-state index contributed by atoms with van der Waals surface area (Å²) in [5, 5.41) is 0.682. The minimum absolute atomic E-state index is 0.444. The van der Waals surface area contributed by atoms with Gasteiger partial charge in [0.1, 0.15) is 5.75 Å². The van der Waals surface area contributed by atoms with Crippen LogP contribution in [0.1, 0.15) is 16.7 Å². The highest BCUT2D eigenvalue weighted by molar-refractivity contribution is 7.83. The fraction of sp³-hybridized carbons (Fsp3) is 0.250. The molecular formula is C16H18ClNO2S. The molecule has 21 heavy (non-hydrogen) atoms. The lowest BCUT2D eigenvalue weighted by Gasteiger charge is -2.10. The van der Waals surface area contributed by atoms with Crippen LogP contribution in [0.3, 0.4) is 0 Å². The summed E-state index contributed by atoms with van der Waals surface area (Å²) < 4.78 is 17.6. The molecule has 1 unspecified atom stereocenters. The summed E-state index contributed by atoms with van der Waals surface area (Å²) in [6.45, 7) is 0.459. The molecule has 0 bridgehead atoms. The van der Waals surface area contributed by atoms with E-state index < -0.39 is 10.8 Å². The SMILES string of the molecule is COc1ccc(CN)cc1CS(=O)Cc1ccc(Cl)cc1. The second kappa shape index (κ2) is 7.59. The van der Waals surface area contributed by atoms with Gasteiger partial charge in [-0.1, -0.05) is 29.8 Å². The van der Waals surface area contributed by atoms with Crippen molar-refractivity contribution >= 4 is 22.4 Å². The molecule has 0 saturated carbocycles. The van der Waals surface area contributed by atoms with E-state index >= 15 is 0 Å². The first-order valence-electron chi connectivity index (χ1n) is 6.57. The standard InChI is InChI=1S/C16H18ClNO2S/c1-20-16-7-4-13(9-18)8-14(16)11-21(19)10-12-2-5-15(17)6-3-12/h2-8H,9-11,18H2,1H3. The largest absolute Gasteiger partial charge is 0.496 e. The molecule has 0 aliphatic carbocycles. The second-order valence-corrected chi connectivity index (χ2v) is 6.60. The van der Waals surface area contributed by atoms with Crippen LogP contribution in [0.15, 0.2) is 42.5 Å². The van der Waals surface area contributed by atoms with E-state index in [1.807, 2.05) is 42.5 Å². The Labute approximate surface area is 132 Å². The molecule has 112 valence electrons. The van der Waals surface area contributed by atoms with Crippen LogP contribution in [0.25, 0.3) is 0 Å². The van der Waals surface area contributed by atoms with Crippen molar-refractivity contribution in [1.29, 1.82) is 0 Å². The number of ether oxygens (including phenoxy) is 1. The molecule has 1 atom stereocenters. The molecule has 0 aromatic heterocycles. The highest BCUT2D eigenvalue weighted by Gasteiger charge is 2.09. The molecule has 0 aliphatic rings. The Bertz CT molecular complexity index is 629. The topological polar surface area (TPSA) is 52.3 Å². The number of hydrogen-bond donors (Lipinski definition) is 1. The van der Waals surface area contributed by atoms with Crippen LogP contribution in [-0.2, 0) is 28.9 Å². The Morgan fingerprint density at radius 2 is 1.76 bits per heavy atom. The van der Waals surface area contributed by atoms with Crippen LogP contribution in [0, 0.1) is 0 Å². The number of halogens is 1. The van der Waals surface area contributed by atoms with Crippen molar-refractivity contribution in [2.24, 2.45) is 5.73 Å². The van der Waals surface area contributed by atoms with Crippen molar-refractivity contribution in [1.82, 2.24) is 0 Å². The summed E-state index contributed by atoms with van der Waals surface area (Å²) in [4.78, 5) is 0. The number of benzene rings is 2. The Kier molecular flexibility index (Phi) is 5.79. The van der Waals surface area contributed by atoms with Crippen molar-refractivity contribution in [3.8, 4) is 5.75 Å². The van der Waals surface area contributed by atoms with E-state index in [9.17, 15) is 4.21 Å². The maximum atomic E-state index is 12.3. The fourth-order valence-corrected chi connectivity index (χ4v) is 3.43. The molecule has 5 heteroatoms. The predicted molar refractivity (Wildman–Crippen MR) is 87.9 cm³/mol. The Morgan fingerprint density at radius 1 is 1.10 bits per heavy atom. The third-order valence-electron chi connectivity index (χ3n) is 3.14. The van der Waals surface area contributed by atoms with Crippen molar-refractivity contribution in [2.45, 2.75) is 18.1 Å². The molecule has 0 fully saturated rings. The van der Waals surface area contributed by atoms with E-state index in [0.29, 0.717) is 23.1 Å². The average Bonchev–Trinajstić information content (AvgIpc) is 2.49. The van der Waals surface area contributed by atoms with Gasteiger partial charge in [0, 0.05) is 33.7 Å². The van der Waals surface area contributed by atoms with E-state index in [0.717, 1.165) is 22.4 Å². The molecule has 3 nitrogen and oxygen atoms in total. The molecule has 0 spiro atoms. The molecule has 0 aliphatic heterocycles. The summed E-state index contributed by atoms with van der Waals surface area (Å²) in [5.74, 6) is 1.68. The number of rotatable bonds is 6. The van der Waals surface area contributed by atoms with Gasteiger partial charge in [0.25, 0.3) is 0 Å². The normalized spacial score (nSPS) is 12.1. The Balaban J connectivity index is 2.09. The predicted octanol–water partition coefficient (Wildman–Crippen LogP) is 3.26. The first-order valence-corrected chi connectivity index (χ1v) is 8.44. The van der Waals surface area contributed by atoms with Crippen molar-refractivity contribution in [3.63, 3.8) is 0 Å². The van der Waals surface area contributed by atoms with Gasteiger partial charge >= 0.3 is 0 Å². The first-order chi connectivity index (χ1) is 10.1. The van der Waals surface area contributed by atoms with Crippen LogP contribution in [0.5, 0.6) is 5.75 Å². The zero-order valence-electron chi connectivity index (χ0n) is 11.8. The molecule has 0 saturated heterocycles. The smallest absolute Gasteiger partial charge is 0.123 e. The number of methoxy groups -OCH3 is 1. The van der Waals surface area contributed by atoms with Gasteiger partial charge in [-0.2, -0.15) is 0 Å². The highest BCUT2D eigenvalue weighted by Crippen LogP contribution is 2.22. The minimum atomic E-state index is -1.01. The van der Waals surface area contributed by atoms with Crippen LogP contribution in [0.4, 0.5) is 0 Å². The van der Waals surface area contributed by atoms with E-state index in [-0.39, 0.29) is 0 Å². The highest BCUT2D eigenvalue weighted by atomic mass is 35.5. The lowest BCUT2D eigenvalue weighted by Crippen LogP contribution is -2.04. The van der Waals surface area contributed by atoms with Gasteiger partial charge in [-0.25, -0.2) is 0 Å². The average molecular weight is 324 g/mol. The molecule has 2 rings (SSSR count). The second-order valence-electron chi connectivity index (χ2n) is 4.71. The summed E-state index contributed by atoms with van der Waals surface area (Å²) >= 11 is 5.85. The Morgan fingerprint density at radius 3 is 2.38 bits per heavy atom. The minimum Gasteiger partial charge on any atom is -0.496 e. The van der Waals surface area contributed by atoms with E-state index in [2.05, 4.69) is 0 Å². The quantitative estimate of drug-likeness (QED) is 0.887. The van der Waals surface area contributed by atoms with E-state index in [1.54, 1.807) is 7.11 Å². The number of hydrogen-bond acceptors (Lipinski definition) is 3. The number of nitrogens with two attached hydrogens (primary N) is 1. The van der Waals surface area contributed by atoms with Crippen molar-refractivity contribution in [2.75, 3.05) is 7.11 Å². The lowest BCUT2D eigenvalue weighted by atomic mass is 10.1. The molecule has 2 aromatic rings. The first kappa shape index (κ1) is 16.0. The van der Waals surface area contributed by atoms with Crippen LogP contribution in [0.2, 0.25) is 5.02 Å².